The van der Waals surface area contributed by atoms with Crippen LogP contribution < -0.4 is 10.1 Å². The fourth-order valence-electron chi connectivity index (χ4n) is 5.98. The Bertz CT molecular complexity index is 1970. The first kappa shape index (κ1) is 34.5. The van der Waals surface area contributed by atoms with Crippen molar-refractivity contribution in [2.24, 2.45) is 7.05 Å². The van der Waals surface area contributed by atoms with Crippen molar-refractivity contribution >= 4 is 69.3 Å². The maximum atomic E-state index is 13.3. The molecule has 0 atom stereocenters. The fraction of sp³-hybridized carbons (Fsp3) is 0.306. The predicted octanol–water partition coefficient (Wildman–Crippen LogP) is 8.01. The third kappa shape index (κ3) is 7.20. The van der Waals surface area contributed by atoms with Gasteiger partial charge in [0.15, 0.2) is 0 Å². The highest BCUT2D eigenvalue weighted by molar-refractivity contribution is 7.99. The van der Waals surface area contributed by atoms with E-state index in [-0.39, 0.29) is 0 Å². The first-order valence-electron chi connectivity index (χ1n) is 15.4. The molecule has 0 bridgehead atoms. The van der Waals surface area contributed by atoms with Crippen molar-refractivity contribution < 1.29 is 14.3 Å². The molecule has 2 aromatic heterocycles. The van der Waals surface area contributed by atoms with Gasteiger partial charge in [0.1, 0.15) is 11.4 Å². The quantitative estimate of drug-likeness (QED) is 0.0474. The molecule has 3 aromatic carbocycles. The van der Waals surface area contributed by atoms with E-state index in [4.69, 9.17) is 31.6 Å². The summed E-state index contributed by atoms with van der Waals surface area (Å²) in [4.78, 5) is 13.3. The number of esters is 1. The summed E-state index contributed by atoms with van der Waals surface area (Å²) in [5.74, 6) is 2.09. The Kier molecular flexibility index (Phi) is 11.3. The van der Waals surface area contributed by atoms with E-state index in [1.165, 1.54) is 7.11 Å². The van der Waals surface area contributed by atoms with Crippen molar-refractivity contribution in [3.05, 3.63) is 94.0 Å². The number of hydrogen-bond acceptors (Lipinski definition) is 8. The normalized spacial score (nSPS) is 11.8. The van der Waals surface area contributed by atoms with Crippen molar-refractivity contribution in [2.75, 3.05) is 32.3 Å². The Balaban J connectivity index is 1.47. The third-order valence-corrected chi connectivity index (χ3v) is 9.98. The minimum atomic E-state index is -0.400. The highest BCUT2D eigenvalue weighted by Gasteiger charge is 2.27. The molecule has 0 spiro atoms. The van der Waals surface area contributed by atoms with E-state index in [0.717, 1.165) is 61.2 Å². The number of aromatic nitrogens is 3. The molecule has 5 aromatic rings. The number of benzene rings is 3. The van der Waals surface area contributed by atoms with Crippen LogP contribution in [0, 0.1) is 19.3 Å². The van der Waals surface area contributed by atoms with Crippen LogP contribution in [0.5, 0.6) is 5.75 Å². The number of nitrogens with one attached hydrogen (secondary N) is 2. The molecular formula is C36H40ClN5O3S2. The summed E-state index contributed by atoms with van der Waals surface area (Å²) in [5, 5.41) is 20.0. The molecule has 2 N–H and O–H groups in total. The van der Waals surface area contributed by atoms with Crippen LogP contribution in [0.2, 0.25) is 5.02 Å². The van der Waals surface area contributed by atoms with Gasteiger partial charge in [-0.05, 0) is 55.5 Å². The summed E-state index contributed by atoms with van der Waals surface area (Å²) in [5.41, 5.74) is 7.23. The molecule has 11 heteroatoms. The molecule has 0 aliphatic heterocycles. The van der Waals surface area contributed by atoms with Gasteiger partial charge in [0, 0.05) is 87.4 Å². The SMILES string of the molecule is CN/C(=C\C(=N)CSCc1nn(C)c(C)c1-c1c(Cl)ccc2c1c(C)c(C(=O)OC)n2CCCOc1cccc2ccccc12)CS. The van der Waals surface area contributed by atoms with E-state index in [1.54, 1.807) is 11.8 Å². The van der Waals surface area contributed by atoms with Gasteiger partial charge in [-0.1, -0.05) is 48.0 Å². The molecule has 0 saturated heterocycles. The summed E-state index contributed by atoms with van der Waals surface area (Å²) in [6.45, 7) is 5.00. The van der Waals surface area contributed by atoms with Gasteiger partial charge in [0.05, 0.1) is 19.4 Å². The van der Waals surface area contributed by atoms with Crippen LogP contribution >= 0.6 is 36.0 Å². The number of thiol groups is 1. The summed E-state index contributed by atoms with van der Waals surface area (Å²) in [6, 6.07) is 18.1. The van der Waals surface area contributed by atoms with E-state index < -0.39 is 5.97 Å². The van der Waals surface area contributed by atoms with Gasteiger partial charge < -0.3 is 24.8 Å². The first-order chi connectivity index (χ1) is 22.7. The first-order valence-corrected chi connectivity index (χ1v) is 17.5. The van der Waals surface area contributed by atoms with Crippen LogP contribution in [-0.4, -0.2) is 58.3 Å². The number of aryl methyl sites for hydroxylation is 3. The van der Waals surface area contributed by atoms with E-state index in [1.807, 2.05) is 79.7 Å². The Morgan fingerprint density at radius 2 is 1.89 bits per heavy atom. The number of hydrogen-bond donors (Lipinski definition) is 3. The lowest BCUT2D eigenvalue weighted by atomic mass is 9.97. The number of fused-ring (bicyclic) bond motifs is 2. The number of rotatable bonds is 14. The molecule has 0 fully saturated rings. The number of methoxy groups -OCH3 is 1. The Morgan fingerprint density at radius 3 is 2.64 bits per heavy atom. The summed E-state index contributed by atoms with van der Waals surface area (Å²) < 4.78 is 15.4. The number of halogens is 1. The number of nitrogens with zero attached hydrogens (tertiary/aromatic N) is 3. The zero-order valence-electron chi connectivity index (χ0n) is 27.3. The van der Waals surface area contributed by atoms with E-state index >= 15 is 0 Å². The van der Waals surface area contributed by atoms with Gasteiger partial charge in [-0.2, -0.15) is 17.7 Å². The number of carbonyl (C=O) groups excluding carboxylic acids is 1. The van der Waals surface area contributed by atoms with Crippen LogP contribution in [0.4, 0.5) is 0 Å². The lowest BCUT2D eigenvalue weighted by molar-refractivity contribution is 0.0587. The Hall–Kier alpha value is -3.86. The van der Waals surface area contributed by atoms with Gasteiger partial charge in [0.2, 0.25) is 0 Å². The van der Waals surface area contributed by atoms with Crippen LogP contribution in [0.3, 0.4) is 0 Å². The van der Waals surface area contributed by atoms with Crippen molar-refractivity contribution in [2.45, 2.75) is 32.6 Å². The van der Waals surface area contributed by atoms with Crippen LogP contribution in [0.25, 0.3) is 32.8 Å². The molecule has 47 heavy (non-hydrogen) atoms. The second-order valence-corrected chi connectivity index (χ2v) is 12.9. The van der Waals surface area contributed by atoms with Gasteiger partial charge >= 0.3 is 5.97 Å². The third-order valence-electron chi connectivity index (χ3n) is 8.33. The van der Waals surface area contributed by atoms with Crippen LogP contribution in [0.1, 0.15) is 33.9 Å². The Labute approximate surface area is 290 Å². The van der Waals surface area contributed by atoms with Crippen molar-refractivity contribution in [3.8, 4) is 16.9 Å². The number of allylic oxidation sites excluding steroid dienone is 1. The molecule has 2 heterocycles. The maximum Gasteiger partial charge on any atom is 0.354 e. The van der Waals surface area contributed by atoms with Crippen LogP contribution in [0.15, 0.2) is 66.4 Å². The average Bonchev–Trinajstić information content (AvgIpc) is 3.52. The second-order valence-electron chi connectivity index (χ2n) is 11.2. The minimum absolute atomic E-state index is 0.400. The van der Waals surface area contributed by atoms with Gasteiger partial charge in [0.25, 0.3) is 0 Å². The van der Waals surface area contributed by atoms with Crippen molar-refractivity contribution in [1.29, 1.82) is 5.41 Å². The standard InChI is InChI=1S/C36H40ClN5O3S2/c1-22-32-30(42(35(22)36(43)44-5)16-9-17-45-31-13-8-11-24-10-6-7-12-27(24)31)15-14-28(37)34(32)33-23(2)41(4)40-29(33)21-47-20-25(38)18-26(19-46)39-3/h6-8,10-15,18,38-39,46H,9,16-17,19-21H2,1-5H3/b26-18-,38-25?. The lowest BCUT2D eigenvalue weighted by Crippen LogP contribution is -2.13. The van der Waals surface area contributed by atoms with E-state index in [9.17, 15) is 4.79 Å². The van der Waals surface area contributed by atoms with E-state index in [0.29, 0.717) is 53.3 Å². The molecule has 0 unspecified atom stereocenters. The van der Waals surface area contributed by atoms with Gasteiger partial charge in [-0.3, -0.25) is 4.68 Å². The molecule has 0 radical (unpaired) electrons. The average molecular weight is 690 g/mol. The maximum absolute atomic E-state index is 13.3. The molecular weight excluding hydrogens is 650 g/mol. The largest absolute Gasteiger partial charge is 0.493 e. The van der Waals surface area contributed by atoms with Gasteiger partial charge in [-0.25, -0.2) is 4.79 Å². The molecule has 0 aliphatic rings. The summed E-state index contributed by atoms with van der Waals surface area (Å²) in [6.07, 6.45) is 2.49. The summed E-state index contributed by atoms with van der Waals surface area (Å²) >= 11 is 12.9. The highest BCUT2D eigenvalue weighted by Crippen LogP contribution is 2.43. The lowest BCUT2D eigenvalue weighted by Gasteiger charge is -2.13. The van der Waals surface area contributed by atoms with E-state index in [2.05, 4.69) is 36.1 Å². The molecule has 0 saturated carbocycles. The molecule has 8 nitrogen and oxygen atoms in total. The fourth-order valence-corrected chi connectivity index (χ4v) is 7.29. The van der Waals surface area contributed by atoms with Gasteiger partial charge in [-0.15, -0.1) is 11.8 Å². The topological polar surface area (TPSA) is 94.2 Å². The monoisotopic (exact) mass is 689 g/mol. The zero-order valence-corrected chi connectivity index (χ0v) is 29.8. The highest BCUT2D eigenvalue weighted by atomic mass is 35.5. The smallest absolute Gasteiger partial charge is 0.354 e. The zero-order chi connectivity index (χ0) is 33.7. The number of ether oxygens (including phenoxy) is 2. The summed E-state index contributed by atoms with van der Waals surface area (Å²) in [7, 11) is 5.16. The number of carbonyl (C=O) groups is 1. The number of thioether (sulfide) groups is 1. The Morgan fingerprint density at radius 1 is 1.13 bits per heavy atom. The predicted molar refractivity (Wildman–Crippen MR) is 199 cm³/mol. The molecule has 0 amide bonds. The van der Waals surface area contributed by atoms with Crippen molar-refractivity contribution in [3.63, 3.8) is 0 Å². The molecule has 0 aliphatic carbocycles. The molecule has 246 valence electrons. The van der Waals surface area contributed by atoms with Crippen molar-refractivity contribution in [1.82, 2.24) is 19.7 Å². The van der Waals surface area contributed by atoms with Crippen LogP contribution in [-0.2, 0) is 24.1 Å². The second kappa shape index (κ2) is 15.4. The molecule has 5 rings (SSSR count). The minimum Gasteiger partial charge on any atom is -0.493 e.